The van der Waals surface area contributed by atoms with E-state index in [4.69, 9.17) is 0 Å². The lowest BCUT2D eigenvalue weighted by molar-refractivity contribution is -0.110. The summed E-state index contributed by atoms with van der Waals surface area (Å²) in [5.41, 5.74) is 6.51. The summed E-state index contributed by atoms with van der Waals surface area (Å²) >= 11 is 0. The van der Waals surface area contributed by atoms with Gasteiger partial charge in [0, 0.05) is 35.7 Å². The third-order valence-corrected chi connectivity index (χ3v) is 5.11. The number of carbonyl (C=O) groups excluding carboxylic acids is 1. The molecule has 1 aromatic carbocycles. The monoisotopic (exact) mass is 307 g/mol. The Morgan fingerprint density at radius 2 is 2.35 bits per heavy atom. The third kappa shape index (κ3) is 2.13. The van der Waals surface area contributed by atoms with Crippen LogP contribution >= 0.6 is 0 Å². The van der Waals surface area contributed by atoms with Crippen LogP contribution in [0.3, 0.4) is 0 Å². The number of amides is 1. The van der Waals surface area contributed by atoms with Crippen molar-refractivity contribution in [3.8, 4) is 0 Å². The molecule has 2 N–H and O–H groups in total. The van der Waals surface area contributed by atoms with Crippen LogP contribution in [0.25, 0.3) is 16.5 Å². The number of hydrogen-bond donors (Lipinski definition) is 2. The van der Waals surface area contributed by atoms with E-state index in [2.05, 4.69) is 53.0 Å². The number of fused-ring (bicyclic) bond motifs is 2. The van der Waals surface area contributed by atoms with Gasteiger partial charge in [-0.25, -0.2) is 0 Å². The molecule has 2 aliphatic rings. The predicted octanol–water partition coefficient (Wildman–Crippen LogP) is 2.40. The molecule has 2 aromatic rings. The molecule has 4 rings (SSSR count). The van der Waals surface area contributed by atoms with Crippen LogP contribution in [0.5, 0.6) is 0 Å². The standard InChI is InChI=1S/C19H21N3O/c1-3-7-22-10-13(20-11-23)8-16-14-5-4-6-17-19(14)15(9-18(16)22)12(2)21-17/h3-6,8,11,13,18,21H,1,7,9-10H2,2H3,(H,20,23)/t13-,18+/m0/s1. The molecule has 1 amide bonds. The molecule has 0 unspecified atom stereocenters. The van der Waals surface area contributed by atoms with Gasteiger partial charge in [-0.1, -0.05) is 24.3 Å². The topological polar surface area (TPSA) is 48.1 Å². The minimum Gasteiger partial charge on any atom is -0.358 e. The van der Waals surface area contributed by atoms with Gasteiger partial charge in [-0.15, -0.1) is 6.58 Å². The van der Waals surface area contributed by atoms with Gasteiger partial charge in [-0.2, -0.15) is 0 Å². The Kier molecular flexibility index (Phi) is 3.34. The van der Waals surface area contributed by atoms with Gasteiger partial charge >= 0.3 is 0 Å². The minimum absolute atomic E-state index is 0.0514. The highest BCUT2D eigenvalue weighted by Gasteiger charge is 2.35. The molecule has 1 aliphatic carbocycles. The van der Waals surface area contributed by atoms with Crippen molar-refractivity contribution in [2.24, 2.45) is 0 Å². The number of hydrogen-bond acceptors (Lipinski definition) is 2. The summed E-state index contributed by atoms with van der Waals surface area (Å²) in [6, 6.07) is 6.85. The average molecular weight is 307 g/mol. The van der Waals surface area contributed by atoms with Crippen molar-refractivity contribution in [3.05, 3.63) is 53.8 Å². The highest BCUT2D eigenvalue weighted by molar-refractivity contribution is 5.99. The number of nitrogens with zero attached hydrogens (tertiary/aromatic N) is 1. The van der Waals surface area contributed by atoms with E-state index in [1.807, 2.05) is 6.08 Å². The van der Waals surface area contributed by atoms with Gasteiger partial charge in [0.25, 0.3) is 0 Å². The Morgan fingerprint density at radius 1 is 1.48 bits per heavy atom. The Balaban J connectivity index is 1.90. The van der Waals surface area contributed by atoms with E-state index in [-0.39, 0.29) is 6.04 Å². The zero-order chi connectivity index (χ0) is 16.0. The maximum atomic E-state index is 10.9. The summed E-state index contributed by atoms with van der Waals surface area (Å²) in [6.07, 6.45) is 5.99. The first-order chi connectivity index (χ1) is 11.2. The first-order valence-corrected chi connectivity index (χ1v) is 8.09. The van der Waals surface area contributed by atoms with Crippen molar-refractivity contribution < 1.29 is 4.79 Å². The SMILES string of the molecule is C=CCN1C[C@@H](NC=O)C=C2c3cccc4[nH]c(C)c(c34)C[C@H]21. The molecule has 1 aromatic heterocycles. The van der Waals surface area contributed by atoms with E-state index in [1.165, 1.54) is 33.3 Å². The van der Waals surface area contributed by atoms with E-state index in [0.29, 0.717) is 6.04 Å². The molecule has 23 heavy (non-hydrogen) atoms. The fourth-order valence-electron chi connectivity index (χ4n) is 4.16. The van der Waals surface area contributed by atoms with Crippen molar-refractivity contribution >= 4 is 22.9 Å². The molecule has 0 spiro atoms. The second-order valence-electron chi connectivity index (χ2n) is 6.43. The molecular formula is C19H21N3O. The summed E-state index contributed by atoms with van der Waals surface area (Å²) < 4.78 is 0. The third-order valence-electron chi connectivity index (χ3n) is 5.11. The van der Waals surface area contributed by atoms with Crippen LogP contribution in [0, 0.1) is 6.92 Å². The van der Waals surface area contributed by atoms with Crippen LogP contribution in [0.2, 0.25) is 0 Å². The second kappa shape index (κ2) is 5.39. The molecule has 2 heterocycles. The lowest BCUT2D eigenvalue weighted by atomic mass is 9.80. The van der Waals surface area contributed by atoms with Gasteiger partial charge in [-0.3, -0.25) is 9.69 Å². The molecular weight excluding hydrogens is 286 g/mol. The maximum Gasteiger partial charge on any atom is 0.207 e. The lowest BCUT2D eigenvalue weighted by Crippen LogP contribution is -2.50. The molecule has 4 heteroatoms. The summed E-state index contributed by atoms with van der Waals surface area (Å²) in [5, 5.41) is 4.27. The van der Waals surface area contributed by atoms with Crippen LogP contribution in [-0.2, 0) is 11.2 Å². The van der Waals surface area contributed by atoms with Crippen LogP contribution in [0.4, 0.5) is 0 Å². The normalized spacial score (nSPS) is 23.3. The molecule has 0 saturated heterocycles. The molecule has 0 bridgehead atoms. The number of nitrogens with one attached hydrogen (secondary N) is 2. The number of rotatable bonds is 4. The van der Waals surface area contributed by atoms with E-state index in [1.54, 1.807) is 0 Å². The van der Waals surface area contributed by atoms with Gasteiger partial charge in [0.2, 0.25) is 6.41 Å². The highest BCUT2D eigenvalue weighted by atomic mass is 16.1. The Labute approximate surface area is 135 Å². The number of benzene rings is 1. The van der Waals surface area contributed by atoms with E-state index in [9.17, 15) is 4.79 Å². The number of H-pyrrole nitrogens is 1. The first-order valence-electron chi connectivity index (χ1n) is 8.09. The molecule has 0 saturated carbocycles. The second-order valence-corrected chi connectivity index (χ2v) is 6.43. The van der Waals surface area contributed by atoms with Crippen LogP contribution < -0.4 is 5.32 Å². The Bertz CT molecular complexity index is 817. The quantitative estimate of drug-likeness (QED) is 0.673. The fourth-order valence-corrected chi connectivity index (χ4v) is 4.16. The van der Waals surface area contributed by atoms with Crippen molar-refractivity contribution in [1.82, 2.24) is 15.2 Å². The zero-order valence-corrected chi connectivity index (χ0v) is 13.3. The number of aromatic nitrogens is 1. The van der Waals surface area contributed by atoms with Gasteiger partial charge in [0.15, 0.2) is 0 Å². The van der Waals surface area contributed by atoms with Crippen molar-refractivity contribution in [3.63, 3.8) is 0 Å². The molecule has 1 aliphatic heterocycles. The van der Waals surface area contributed by atoms with Gasteiger partial charge in [-0.05, 0) is 36.1 Å². The van der Waals surface area contributed by atoms with Gasteiger partial charge in [0.05, 0.1) is 6.04 Å². The van der Waals surface area contributed by atoms with E-state index < -0.39 is 0 Å². The Morgan fingerprint density at radius 3 is 3.13 bits per heavy atom. The van der Waals surface area contributed by atoms with Crippen LogP contribution in [0.15, 0.2) is 36.9 Å². The largest absolute Gasteiger partial charge is 0.358 e. The van der Waals surface area contributed by atoms with Crippen LogP contribution in [0.1, 0.15) is 16.8 Å². The summed E-state index contributed by atoms with van der Waals surface area (Å²) in [6.45, 7) is 7.71. The van der Waals surface area contributed by atoms with E-state index >= 15 is 0 Å². The molecule has 118 valence electrons. The lowest BCUT2D eigenvalue weighted by Gasteiger charge is -2.41. The maximum absolute atomic E-state index is 10.9. The summed E-state index contributed by atoms with van der Waals surface area (Å²) in [4.78, 5) is 16.8. The summed E-state index contributed by atoms with van der Waals surface area (Å²) in [7, 11) is 0. The molecule has 2 atom stereocenters. The van der Waals surface area contributed by atoms with Crippen LogP contribution in [-0.4, -0.2) is 41.5 Å². The predicted molar refractivity (Wildman–Crippen MR) is 93.3 cm³/mol. The zero-order valence-electron chi connectivity index (χ0n) is 13.3. The molecule has 0 radical (unpaired) electrons. The molecule has 0 fully saturated rings. The summed E-state index contributed by atoms with van der Waals surface area (Å²) in [5.74, 6) is 0. The Hall–Kier alpha value is -2.33. The number of aryl methyl sites for hydroxylation is 1. The fraction of sp³-hybridized carbons (Fsp3) is 0.316. The van der Waals surface area contributed by atoms with Gasteiger partial charge in [0.1, 0.15) is 0 Å². The smallest absolute Gasteiger partial charge is 0.207 e. The first kappa shape index (κ1) is 14.3. The minimum atomic E-state index is 0.0514. The van der Waals surface area contributed by atoms with Crippen molar-refractivity contribution in [1.29, 1.82) is 0 Å². The van der Waals surface area contributed by atoms with Crippen molar-refractivity contribution in [2.75, 3.05) is 13.1 Å². The number of carbonyl (C=O) groups is 1. The highest BCUT2D eigenvalue weighted by Crippen LogP contribution is 2.41. The average Bonchev–Trinajstić information content (AvgIpc) is 2.86. The van der Waals surface area contributed by atoms with E-state index in [0.717, 1.165) is 25.9 Å². The van der Waals surface area contributed by atoms with Crippen molar-refractivity contribution in [2.45, 2.75) is 25.4 Å². The van der Waals surface area contributed by atoms with Gasteiger partial charge < -0.3 is 10.3 Å². The molecule has 4 nitrogen and oxygen atoms in total. The number of aromatic amines is 1.